The summed E-state index contributed by atoms with van der Waals surface area (Å²) in [5.41, 5.74) is 7.45. The fourth-order valence-corrected chi connectivity index (χ4v) is 1.85. The van der Waals surface area contributed by atoms with Crippen molar-refractivity contribution in [2.45, 2.75) is 6.54 Å². The molecule has 0 aliphatic heterocycles. The lowest BCUT2D eigenvalue weighted by Crippen LogP contribution is -1.95. The van der Waals surface area contributed by atoms with Crippen LogP contribution in [0.3, 0.4) is 0 Å². The third-order valence-corrected chi connectivity index (χ3v) is 2.61. The molecule has 0 aromatic carbocycles. The zero-order valence-corrected chi connectivity index (χ0v) is 10.2. The molecule has 0 aliphatic carbocycles. The number of halogens is 2. The van der Waals surface area contributed by atoms with Crippen molar-refractivity contribution >= 4 is 36.2 Å². The molecule has 0 radical (unpaired) electrons. The molecule has 2 heterocycles. The lowest BCUT2D eigenvalue weighted by atomic mass is 10.3. The largest absolute Gasteiger partial charge is 0.325 e. The van der Waals surface area contributed by atoms with Crippen LogP contribution in [0.1, 0.15) is 5.69 Å². The normalized spacial score (nSPS) is 8.87. The summed E-state index contributed by atoms with van der Waals surface area (Å²) in [5, 5.41) is 2.95. The van der Waals surface area contributed by atoms with Gasteiger partial charge in [0.2, 0.25) is 0 Å². The molecule has 0 saturated heterocycles. The number of pyridine rings is 1. The van der Waals surface area contributed by atoms with Crippen LogP contribution < -0.4 is 5.73 Å². The molecular weight excluding hydrogens is 253 g/mol. The van der Waals surface area contributed by atoms with Crippen molar-refractivity contribution in [1.82, 2.24) is 9.97 Å². The SMILES string of the molecule is Cl.Cl.NCc1csc(-c2cccnc2)n1. The summed E-state index contributed by atoms with van der Waals surface area (Å²) in [6.45, 7) is 0.497. The molecule has 0 saturated carbocycles. The van der Waals surface area contributed by atoms with Crippen LogP contribution in [-0.2, 0) is 6.54 Å². The molecule has 6 heteroatoms. The van der Waals surface area contributed by atoms with Gasteiger partial charge in [0, 0.05) is 29.9 Å². The predicted molar refractivity (Wildman–Crippen MR) is 67.7 cm³/mol. The fraction of sp³-hybridized carbons (Fsp3) is 0.111. The van der Waals surface area contributed by atoms with Crippen molar-refractivity contribution in [3.05, 3.63) is 35.6 Å². The van der Waals surface area contributed by atoms with E-state index in [1.54, 1.807) is 23.7 Å². The molecule has 2 aromatic rings. The number of hydrogen-bond donors (Lipinski definition) is 1. The van der Waals surface area contributed by atoms with E-state index in [2.05, 4.69) is 9.97 Å². The van der Waals surface area contributed by atoms with Gasteiger partial charge in [0.05, 0.1) is 5.69 Å². The van der Waals surface area contributed by atoms with Gasteiger partial charge in [-0.25, -0.2) is 4.98 Å². The quantitative estimate of drug-likeness (QED) is 0.906. The summed E-state index contributed by atoms with van der Waals surface area (Å²) in [6, 6.07) is 3.89. The molecule has 0 fully saturated rings. The van der Waals surface area contributed by atoms with Crippen LogP contribution in [0.2, 0.25) is 0 Å². The number of hydrogen-bond acceptors (Lipinski definition) is 4. The standard InChI is InChI=1S/C9H9N3S.2ClH/c10-4-8-6-13-9(12-8)7-2-1-3-11-5-7;;/h1-3,5-6H,4,10H2;2*1H. The highest BCUT2D eigenvalue weighted by molar-refractivity contribution is 7.13. The number of thiazole rings is 1. The Morgan fingerprint density at radius 3 is 2.67 bits per heavy atom. The zero-order chi connectivity index (χ0) is 9.10. The van der Waals surface area contributed by atoms with Crippen molar-refractivity contribution in [2.75, 3.05) is 0 Å². The van der Waals surface area contributed by atoms with Crippen molar-refractivity contribution in [1.29, 1.82) is 0 Å². The van der Waals surface area contributed by atoms with E-state index >= 15 is 0 Å². The van der Waals surface area contributed by atoms with Gasteiger partial charge in [-0.1, -0.05) is 0 Å². The van der Waals surface area contributed by atoms with Crippen molar-refractivity contribution in [3.8, 4) is 10.6 Å². The maximum atomic E-state index is 5.47. The van der Waals surface area contributed by atoms with Gasteiger partial charge in [-0.05, 0) is 12.1 Å². The van der Waals surface area contributed by atoms with E-state index in [-0.39, 0.29) is 24.8 Å². The Labute approximate surface area is 105 Å². The molecule has 0 unspecified atom stereocenters. The highest BCUT2D eigenvalue weighted by atomic mass is 35.5. The molecular formula is C9H11Cl2N3S. The van der Waals surface area contributed by atoms with Crippen molar-refractivity contribution in [2.24, 2.45) is 5.73 Å². The van der Waals surface area contributed by atoms with Crippen molar-refractivity contribution < 1.29 is 0 Å². The van der Waals surface area contributed by atoms with Gasteiger partial charge in [-0.3, -0.25) is 4.98 Å². The Morgan fingerprint density at radius 2 is 2.13 bits per heavy atom. The average Bonchev–Trinajstić information content (AvgIpc) is 2.67. The maximum Gasteiger partial charge on any atom is 0.125 e. The summed E-state index contributed by atoms with van der Waals surface area (Å²) in [4.78, 5) is 8.38. The smallest absolute Gasteiger partial charge is 0.125 e. The molecule has 2 rings (SSSR count). The maximum absolute atomic E-state index is 5.47. The predicted octanol–water partition coefficient (Wildman–Crippen LogP) is 2.51. The van der Waals surface area contributed by atoms with Gasteiger partial charge in [0.1, 0.15) is 5.01 Å². The van der Waals surface area contributed by atoms with E-state index in [4.69, 9.17) is 5.73 Å². The first kappa shape index (κ1) is 14.3. The second-order valence-corrected chi connectivity index (χ2v) is 3.45. The first-order valence-electron chi connectivity index (χ1n) is 3.95. The van der Waals surface area contributed by atoms with Crippen LogP contribution >= 0.6 is 36.2 Å². The number of rotatable bonds is 2. The average molecular weight is 264 g/mol. The van der Waals surface area contributed by atoms with Gasteiger partial charge in [0.25, 0.3) is 0 Å². The van der Waals surface area contributed by atoms with E-state index < -0.39 is 0 Å². The van der Waals surface area contributed by atoms with Crippen LogP contribution in [0, 0.1) is 0 Å². The van der Waals surface area contributed by atoms with Gasteiger partial charge in [-0.15, -0.1) is 36.2 Å². The Morgan fingerprint density at radius 1 is 1.33 bits per heavy atom. The Bertz CT molecular complexity index is 391. The molecule has 2 aromatic heterocycles. The van der Waals surface area contributed by atoms with Gasteiger partial charge < -0.3 is 5.73 Å². The number of nitrogens with zero attached hydrogens (tertiary/aromatic N) is 2. The van der Waals surface area contributed by atoms with E-state index in [0.29, 0.717) is 6.54 Å². The molecule has 3 nitrogen and oxygen atoms in total. The molecule has 15 heavy (non-hydrogen) atoms. The zero-order valence-electron chi connectivity index (χ0n) is 7.79. The van der Waals surface area contributed by atoms with E-state index in [1.165, 1.54) is 0 Å². The summed E-state index contributed by atoms with van der Waals surface area (Å²) in [5.74, 6) is 0. The minimum atomic E-state index is 0. The van der Waals surface area contributed by atoms with Crippen LogP contribution in [0.5, 0.6) is 0 Å². The highest BCUT2D eigenvalue weighted by Crippen LogP contribution is 2.21. The summed E-state index contributed by atoms with van der Waals surface area (Å²) < 4.78 is 0. The first-order chi connectivity index (χ1) is 6.40. The third-order valence-electron chi connectivity index (χ3n) is 1.67. The van der Waals surface area contributed by atoms with Crippen LogP contribution in [-0.4, -0.2) is 9.97 Å². The number of aromatic nitrogens is 2. The molecule has 0 bridgehead atoms. The molecule has 0 amide bonds. The van der Waals surface area contributed by atoms with Gasteiger partial charge in [-0.2, -0.15) is 0 Å². The van der Waals surface area contributed by atoms with Crippen LogP contribution in [0.4, 0.5) is 0 Å². The lowest BCUT2D eigenvalue weighted by Gasteiger charge is -1.92. The Balaban J connectivity index is 0.000000980. The van der Waals surface area contributed by atoms with E-state index in [1.807, 2.05) is 17.5 Å². The topological polar surface area (TPSA) is 51.8 Å². The second kappa shape index (κ2) is 6.74. The minimum absolute atomic E-state index is 0. The monoisotopic (exact) mass is 263 g/mol. The fourth-order valence-electron chi connectivity index (χ4n) is 1.02. The molecule has 2 N–H and O–H groups in total. The lowest BCUT2D eigenvalue weighted by molar-refractivity contribution is 1.01. The third kappa shape index (κ3) is 3.43. The Hall–Kier alpha value is -0.680. The van der Waals surface area contributed by atoms with E-state index in [9.17, 15) is 0 Å². The molecule has 0 aliphatic rings. The van der Waals surface area contributed by atoms with Crippen LogP contribution in [0.25, 0.3) is 10.6 Å². The first-order valence-corrected chi connectivity index (χ1v) is 4.83. The van der Waals surface area contributed by atoms with Crippen molar-refractivity contribution in [3.63, 3.8) is 0 Å². The van der Waals surface area contributed by atoms with Gasteiger partial charge in [0.15, 0.2) is 0 Å². The molecule has 0 atom stereocenters. The molecule has 82 valence electrons. The molecule has 0 spiro atoms. The second-order valence-electron chi connectivity index (χ2n) is 2.59. The van der Waals surface area contributed by atoms with Gasteiger partial charge >= 0.3 is 0 Å². The number of nitrogens with two attached hydrogens (primary N) is 1. The summed E-state index contributed by atoms with van der Waals surface area (Å²) >= 11 is 1.60. The summed E-state index contributed by atoms with van der Waals surface area (Å²) in [6.07, 6.45) is 3.56. The van der Waals surface area contributed by atoms with Crippen LogP contribution in [0.15, 0.2) is 29.9 Å². The minimum Gasteiger partial charge on any atom is -0.325 e. The highest BCUT2D eigenvalue weighted by Gasteiger charge is 2.02. The Kier molecular flexibility index (Phi) is 6.43. The summed E-state index contributed by atoms with van der Waals surface area (Å²) in [7, 11) is 0. The van der Waals surface area contributed by atoms with E-state index in [0.717, 1.165) is 16.3 Å².